The van der Waals surface area contributed by atoms with Crippen LogP contribution in [-0.2, 0) is 0 Å². The number of hydrogen-bond donors (Lipinski definition) is 2. The number of hydrogen-bond acceptors (Lipinski definition) is 3. The third kappa shape index (κ3) is 1.57. The molecular weight excluding hydrogens is 208 g/mol. The van der Waals surface area contributed by atoms with E-state index in [1.54, 1.807) is 19.2 Å². The molecular formula is C7H9BrN2O. The molecule has 0 atom stereocenters. The van der Waals surface area contributed by atoms with Crippen LogP contribution in [0.4, 0.5) is 11.4 Å². The Morgan fingerprint density at radius 3 is 2.45 bits per heavy atom. The van der Waals surface area contributed by atoms with Crippen molar-refractivity contribution in [2.75, 3.05) is 18.6 Å². The topological polar surface area (TPSA) is 61.3 Å². The molecule has 0 aliphatic heterocycles. The van der Waals surface area contributed by atoms with Gasteiger partial charge in [0.2, 0.25) is 0 Å². The third-order valence-electron chi connectivity index (χ3n) is 1.37. The predicted molar refractivity (Wildman–Crippen MR) is 49.5 cm³/mol. The first-order valence-corrected chi connectivity index (χ1v) is 3.83. The van der Waals surface area contributed by atoms with Crippen LogP contribution in [0.2, 0.25) is 0 Å². The van der Waals surface area contributed by atoms with Gasteiger partial charge in [0.05, 0.1) is 18.5 Å². The average Bonchev–Trinajstić information content (AvgIpc) is 1.99. The van der Waals surface area contributed by atoms with Crippen molar-refractivity contribution in [3.63, 3.8) is 0 Å². The van der Waals surface area contributed by atoms with Gasteiger partial charge in [-0.3, -0.25) is 0 Å². The van der Waals surface area contributed by atoms with E-state index in [4.69, 9.17) is 16.2 Å². The van der Waals surface area contributed by atoms with Gasteiger partial charge in [-0.15, -0.1) is 0 Å². The van der Waals surface area contributed by atoms with Crippen LogP contribution < -0.4 is 16.2 Å². The molecule has 4 N–H and O–H groups in total. The highest BCUT2D eigenvalue weighted by molar-refractivity contribution is 9.10. The zero-order chi connectivity index (χ0) is 8.43. The Morgan fingerprint density at radius 1 is 1.36 bits per heavy atom. The third-order valence-corrected chi connectivity index (χ3v) is 2.03. The lowest BCUT2D eigenvalue weighted by Crippen LogP contribution is -1.96. The molecule has 3 nitrogen and oxygen atoms in total. The molecule has 0 spiro atoms. The monoisotopic (exact) mass is 216 g/mol. The van der Waals surface area contributed by atoms with Crippen molar-refractivity contribution in [1.82, 2.24) is 0 Å². The second-order valence-electron chi connectivity index (χ2n) is 2.11. The summed E-state index contributed by atoms with van der Waals surface area (Å²) in [6.45, 7) is 0. The van der Waals surface area contributed by atoms with Crippen molar-refractivity contribution < 1.29 is 4.74 Å². The maximum atomic E-state index is 5.58. The quantitative estimate of drug-likeness (QED) is 0.702. The van der Waals surface area contributed by atoms with Crippen molar-refractivity contribution in [3.8, 4) is 5.75 Å². The first kappa shape index (κ1) is 8.20. The van der Waals surface area contributed by atoms with E-state index in [-0.39, 0.29) is 0 Å². The van der Waals surface area contributed by atoms with E-state index in [9.17, 15) is 0 Å². The molecule has 60 valence electrons. The molecule has 1 rings (SSSR count). The lowest BCUT2D eigenvalue weighted by Gasteiger charge is -2.05. The molecule has 0 aliphatic rings. The summed E-state index contributed by atoms with van der Waals surface area (Å²) in [5.41, 5.74) is 12.2. The van der Waals surface area contributed by atoms with Crippen molar-refractivity contribution in [1.29, 1.82) is 0 Å². The fraction of sp³-hybridized carbons (Fsp3) is 0.143. The molecule has 1 aromatic carbocycles. The highest BCUT2D eigenvalue weighted by atomic mass is 79.9. The Morgan fingerprint density at radius 2 is 2.00 bits per heavy atom. The zero-order valence-corrected chi connectivity index (χ0v) is 7.68. The zero-order valence-electron chi connectivity index (χ0n) is 6.10. The SMILES string of the molecule is COc1cc(N)c(N)c(Br)c1. The highest BCUT2D eigenvalue weighted by Crippen LogP contribution is 2.30. The Hall–Kier alpha value is -0.900. The summed E-state index contributed by atoms with van der Waals surface area (Å²) in [4.78, 5) is 0. The molecule has 0 saturated carbocycles. The van der Waals surface area contributed by atoms with Gasteiger partial charge in [0.25, 0.3) is 0 Å². The number of rotatable bonds is 1. The summed E-state index contributed by atoms with van der Waals surface area (Å²) in [6.07, 6.45) is 0. The van der Waals surface area contributed by atoms with E-state index in [2.05, 4.69) is 15.9 Å². The molecule has 0 bridgehead atoms. The maximum Gasteiger partial charge on any atom is 0.122 e. The van der Waals surface area contributed by atoms with Crippen LogP contribution in [0.25, 0.3) is 0 Å². The fourth-order valence-corrected chi connectivity index (χ4v) is 1.19. The number of methoxy groups -OCH3 is 1. The van der Waals surface area contributed by atoms with Gasteiger partial charge < -0.3 is 16.2 Å². The number of anilines is 2. The van der Waals surface area contributed by atoms with Crippen LogP contribution in [0.3, 0.4) is 0 Å². The van der Waals surface area contributed by atoms with Crippen LogP contribution >= 0.6 is 15.9 Å². The van der Waals surface area contributed by atoms with E-state index < -0.39 is 0 Å². The minimum absolute atomic E-state index is 0.524. The summed E-state index contributed by atoms with van der Waals surface area (Å²) >= 11 is 3.25. The van der Waals surface area contributed by atoms with Crippen LogP contribution in [-0.4, -0.2) is 7.11 Å². The van der Waals surface area contributed by atoms with Gasteiger partial charge in [-0.05, 0) is 22.0 Å². The van der Waals surface area contributed by atoms with Crippen molar-refractivity contribution >= 4 is 27.3 Å². The lowest BCUT2D eigenvalue weighted by molar-refractivity contribution is 0.415. The van der Waals surface area contributed by atoms with Crippen molar-refractivity contribution in [2.45, 2.75) is 0 Å². The smallest absolute Gasteiger partial charge is 0.122 e. The molecule has 4 heteroatoms. The minimum atomic E-state index is 0.524. The van der Waals surface area contributed by atoms with E-state index in [1.165, 1.54) is 0 Å². The Kier molecular flexibility index (Phi) is 2.24. The van der Waals surface area contributed by atoms with Crippen molar-refractivity contribution in [2.24, 2.45) is 0 Å². The molecule has 0 radical (unpaired) electrons. The van der Waals surface area contributed by atoms with Crippen LogP contribution in [0.5, 0.6) is 5.75 Å². The highest BCUT2D eigenvalue weighted by Gasteiger charge is 2.02. The van der Waals surface area contributed by atoms with Gasteiger partial charge in [0.1, 0.15) is 5.75 Å². The van der Waals surface area contributed by atoms with Gasteiger partial charge in [0, 0.05) is 10.5 Å². The van der Waals surface area contributed by atoms with Crippen LogP contribution in [0, 0.1) is 0 Å². The Bertz CT molecular complexity index is 252. The molecule has 0 fully saturated rings. The first-order valence-electron chi connectivity index (χ1n) is 3.03. The second-order valence-corrected chi connectivity index (χ2v) is 2.97. The minimum Gasteiger partial charge on any atom is -0.497 e. The molecule has 11 heavy (non-hydrogen) atoms. The number of nitrogens with two attached hydrogens (primary N) is 2. The van der Waals surface area contributed by atoms with Gasteiger partial charge in [-0.1, -0.05) is 0 Å². The van der Waals surface area contributed by atoms with Gasteiger partial charge in [-0.25, -0.2) is 0 Å². The van der Waals surface area contributed by atoms with E-state index >= 15 is 0 Å². The summed E-state index contributed by atoms with van der Waals surface area (Å²) in [5.74, 6) is 0.698. The summed E-state index contributed by atoms with van der Waals surface area (Å²) in [5, 5.41) is 0. The van der Waals surface area contributed by atoms with Gasteiger partial charge in [-0.2, -0.15) is 0 Å². The summed E-state index contributed by atoms with van der Waals surface area (Å²) in [7, 11) is 1.58. The molecule has 0 saturated heterocycles. The molecule has 0 heterocycles. The first-order chi connectivity index (χ1) is 5.15. The largest absolute Gasteiger partial charge is 0.497 e. The van der Waals surface area contributed by atoms with Crippen LogP contribution in [0.15, 0.2) is 16.6 Å². The maximum absolute atomic E-state index is 5.58. The van der Waals surface area contributed by atoms with E-state index in [0.29, 0.717) is 17.1 Å². The standard InChI is InChI=1S/C7H9BrN2O/c1-11-4-2-5(8)7(10)6(9)3-4/h2-3H,9-10H2,1H3. The number of ether oxygens (including phenoxy) is 1. The number of nitrogen functional groups attached to an aromatic ring is 2. The number of benzene rings is 1. The van der Waals surface area contributed by atoms with Crippen molar-refractivity contribution in [3.05, 3.63) is 16.6 Å². The van der Waals surface area contributed by atoms with Gasteiger partial charge >= 0.3 is 0 Å². The van der Waals surface area contributed by atoms with E-state index in [1.807, 2.05) is 0 Å². The van der Waals surface area contributed by atoms with Crippen LogP contribution in [0.1, 0.15) is 0 Å². The summed E-state index contributed by atoms with van der Waals surface area (Å²) < 4.78 is 5.72. The normalized spacial score (nSPS) is 9.64. The van der Waals surface area contributed by atoms with Gasteiger partial charge in [0.15, 0.2) is 0 Å². The Balaban J connectivity index is 3.21. The molecule has 0 aromatic heterocycles. The predicted octanol–water partition coefficient (Wildman–Crippen LogP) is 1.62. The summed E-state index contributed by atoms with van der Waals surface area (Å²) in [6, 6.07) is 3.45. The molecule has 0 amide bonds. The van der Waals surface area contributed by atoms with E-state index in [0.717, 1.165) is 4.47 Å². The lowest BCUT2D eigenvalue weighted by atomic mass is 10.2. The molecule has 0 unspecified atom stereocenters. The number of halogens is 1. The molecule has 0 aliphatic carbocycles. The average molecular weight is 217 g/mol. The fourth-order valence-electron chi connectivity index (χ4n) is 0.731. The second kappa shape index (κ2) is 3.00. The molecule has 1 aromatic rings. The Labute approximate surface area is 73.5 Å².